The third-order valence-electron chi connectivity index (χ3n) is 3.32. The lowest BCUT2D eigenvalue weighted by Gasteiger charge is -2.08. The van der Waals surface area contributed by atoms with Gasteiger partial charge in [0.05, 0.1) is 16.1 Å². The van der Waals surface area contributed by atoms with Crippen LogP contribution >= 0.6 is 0 Å². The van der Waals surface area contributed by atoms with Gasteiger partial charge >= 0.3 is 0 Å². The van der Waals surface area contributed by atoms with Gasteiger partial charge in [-0.3, -0.25) is 20.4 Å². The summed E-state index contributed by atoms with van der Waals surface area (Å²) >= 11 is 0. The first-order valence-corrected chi connectivity index (χ1v) is 5.68. The Morgan fingerprint density at radius 3 is 1.80 bits per heavy atom. The molecule has 0 aromatic heterocycles. The smallest absolute Gasteiger partial charge is 0.253 e. The second-order valence-corrected chi connectivity index (χ2v) is 4.40. The van der Waals surface area contributed by atoms with E-state index < -0.39 is 32.7 Å². The molecule has 0 bridgehead atoms. The summed E-state index contributed by atoms with van der Waals surface area (Å²) in [5.41, 5.74) is -2.24. The Hall–Kier alpha value is -3.02. The predicted octanol–water partition coefficient (Wildman–Crippen LogP) is -0.0409. The van der Waals surface area contributed by atoms with Gasteiger partial charge in [-0.05, 0) is 0 Å². The molecule has 0 spiro atoms. The van der Waals surface area contributed by atoms with Crippen LogP contribution in [0.5, 0.6) is 11.5 Å². The minimum atomic E-state index is -1.16. The Labute approximate surface area is 110 Å². The summed E-state index contributed by atoms with van der Waals surface area (Å²) in [6.07, 6.45) is 0. The molecule has 0 amide bonds. The van der Waals surface area contributed by atoms with Gasteiger partial charge in [0, 0.05) is 10.8 Å². The van der Waals surface area contributed by atoms with Gasteiger partial charge in [-0.15, -0.1) is 0 Å². The van der Waals surface area contributed by atoms with Gasteiger partial charge in [0.25, 0.3) is 5.43 Å². The van der Waals surface area contributed by atoms with Crippen molar-refractivity contribution in [2.45, 2.75) is 0 Å². The number of rotatable bonds is 0. The van der Waals surface area contributed by atoms with Crippen molar-refractivity contribution in [1.29, 1.82) is 10.8 Å². The maximum Gasteiger partial charge on any atom is 0.253 e. The summed E-state index contributed by atoms with van der Waals surface area (Å²) in [6.45, 7) is 0. The van der Waals surface area contributed by atoms with Gasteiger partial charge in [-0.1, -0.05) is 24.3 Å². The van der Waals surface area contributed by atoms with Crippen LogP contribution in [-0.2, 0) is 0 Å². The van der Waals surface area contributed by atoms with E-state index in [1.54, 1.807) is 12.1 Å². The molecule has 0 saturated carbocycles. The molecule has 0 aliphatic heterocycles. The Morgan fingerprint density at radius 2 is 1.25 bits per heavy atom. The highest BCUT2D eigenvalue weighted by atomic mass is 16.3. The zero-order valence-corrected chi connectivity index (χ0v) is 10.0. The highest BCUT2D eigenvalue weighted by molar-refractivity contribution is 6.10. The minimum absolute atomic E-state index is 0.214. The van der Waals surface area contributed by atoms with Crippen molar-refractivity contribution in [3.63, 3.8) is 0 Å². The van der Waals surface area contributed by atoms with Crippen molar-refractivity contribution in [3.8, 4) is 11.5 Å². The molecule has 6 heteroatoms. The first-order valence-electron chi connectivity index (χ1n) is 5.68. The van der Waals surface area contributed by atoms with E-state index in [1.165, 1.54) is 12.1 Å². The van der Waals surface area contributed by atoms with E-state index >= 15 is 0 Å². The molecule has 0 atom stereocenters. The van der Waals surface area contributed by atoms with Gasteiger partial charge in [0.1, 0.15) is 16.9 Å². The first kappa shape index (κ1) is 12.0. The van der Waals surface area contributed by atoms with Crippen LogP contribution < -0.4 is 21.6 Å². The van der Waals surface area contributed by atoms with Crippen molar-refractivity contribution < 1.29 is 10.2 Å². The fraction of sp³-hybridized carbons (Fsp3) is 0. The molecule has 98 valence electrons. The fourth-order valence-corrected chi connectivity index (χ4v) is 2.33. The number of phenols is 2. The summed E-state index contributed by atoms with van der Waals surface area (Å²) in [5, 5.41) is 34.0. The van der Waals surface area contributed by atoms with E-state index in [0.29, 0.717) is 0 Å². The van der Waals surface area contributed by atoms with Crippen LogP contribution in [-0.4, -0.2) is 10.2 Å². The standard InChI is InChI=1S/C14H8N2O4/c15-9-7-8(13(19)14(20)10(9)16)12(18)6-4-2-1-3-5(6)11(7)17/h1-4,15-18H. The molecular weight excluding hydrogens is 260 g/mol. The first-order chi connectivity index (χ1) is 9.45. The zero-order valence-electron chi connectivity index (χ0n) is 10.0. The lowest BCUT2D eigenvalue weighted by Crippen LogP contribution is -2.46. The molecule has 0 unspecified atom stereocenters. The minimum Gasteiger partial charge on any atom is -0.507 e. The molecule has 0 aliphatic rings. The van der Waals surface area contributed by atoms with E-state index in [2.05, 4.69) is 0 Å². The number of phenolic OH excluding ortho intramolecular Hbond substituents is 2. The number of fused-ring (bicyclic) bond motifs is 2. The van der Waals surface area contributed by atoms with Gasteiger partial charge in [0.15, 0.2) is 0 Å². The Kier molecular flexibility index (Phi) is 2.25. The molecule has 0 fully saturated rings. The maximum absolute atomic E-state index is 11.9. The molecule has 3 aromatic rings. The third-order valence-corrected chi connectivity index (χ3v) is 3.32. The lowest BCUT2D eigenvalue weighted by molar-refractivity contribution is 0.478. The van der Waals surface area contributed by atoms with Crippen molar-refractivity contribution >= 4 is 21.5 Å². The highest BCUT2D eigenvalue weighted by Crippen LogP contribution is 2.37. The maximum atomic E-state index is 11.9. The second-order valence-electron chi connectivity index (χ2n) is 4.40. The van der Waals surface area contributed by atoms with Crippen LogP contribution in [0, 0.1) is 10.8 Å². The highest BCUT2D eigenvalue weighted by Gasteiger charge is 2.19. The van der Waals surface area contributed by atoms with Gasteiger partial charge in [-0.25, -0.2) is 0 Å². The van der Waals surface area contributed by atoms with Crippen LogP contribution in [0.4, 0.5) is 0 Å². The third kappa shape index (κ3) is 1.27. The van der Waals surface area contributed by atoms with Crippen LogP contribution in [0.1, 0.15) is 0 Å². The summed E-state index contributed by atoms with van der Waals surface area (Å²) in [4.78, 5) is 23.5. The van der Waals surface area contributed by atoms with E-state index in [1.807, 2.05) is 0 Å². The van der Waals surface area contributed by atoms with Crippen LogP contribution in [0.15, 0.2) is 33.9 Å². The average molecular weight is 268 g/mol. The van der Waals surface area contributed by atoms with Crippen molar-refractivity contribution in [1.82, 2.24) is 0 Å². The van der Waals surface area contributed by atoms with Crippen molar-refractivity contribution in [3.05, 3.63) is 55.4 Å². The lowest BCUT2D eigenvalue weighted by atomic mass is 9.99. The summed E-state index contributed by atoms with van der Waals surface area (Å²) in [7, 11) is 0. The molecular formula is C14H8N2O4. The number of hydrogen-bond acceptors (Lipinski definition) is 6. The quantitative estimate of drug-likeness (QED) is 0.259. The number of hydrogen-bond donors (Lipinski definition) is 4. The number of benzene rings is 3. The molecule has 0 radical (unpaired) electrons. The summed E-state index contributed by atoms with van der Waals surface area (Å²) < 4.78 is 0. The molecule has 0 saturated heterocycles. The fourth-order valence-electron chi connectivity index (χ4n) is 2.33. The molecule has 0 aliphatic carbocycles. The molecule has 0 heterocycles. The van der Waals surface area contributed by atoms with Gasteiger partial charge in [0.2, 0.25) is 5.43 Å². The van der Waals surface area contributed by atoms with Crippen LogP contribution in [0.25, 0.3) is 21.5 Å². The summed E-state index contributed by atoms with van der Waals surface area (Å²) in [5.74, 6) is -0.840. The second kappa shape index (κ2) is 3.74. The van der Waals surface area contributed by atoms with Gasteiger partial charge < -0.3 is 10.2 Å². The monoisotopic (exact) mass is 268 g/mol. The Balaban J connectivity index is 2.91. The molecule has 4 N–H and O–H groups in total. The van der Waals surface area contributed by atoms with Crippen molar-refractivity contribution in [2.24, 2.45) is 0 Å². The van der Waals surface area contributed by atoms with E-state index in [4.69, 9.17) is 10.8 Å². The SMILES string of the molecule is N=c1c(=O)c(=O)c2c(O)c3ccccc3c(O)c2c1=N. The van der Waals surface area contributed by atoms with Gasteiger partial charge in [-0.2, -0.15) is 0 Å². The van der Waals surface area contributed by atoms with Crippen molar-refractivity contribution in [2.75, 3.05) is 0 Å². The molecule has 3 aromatic carbocycles. The molecule has 20 heavy (non-hydrogen) atoms. The average Bonchev–Trinajstić information content (AvgIpc) is 2.46. The number of aromatic hydroxyl groups is 2. The zero-order chi connectivity index (χ0) is 14.6. The largest absolute Gasteiger partial charge is 0.507 e. The van der Waals surface area contributed by atoms with E-state index in [9.17, 15) is 19.8 Å². The van der Waals surface area contributed by atoms with Crippen LogP contribution in [0.2, 0.25) is 0 Å². The molecule has 3 rings (SSSR count). The Morgan fingerprint density at radius 1 is 0.750 bits per heavy atom. The molecule has 6 nitrogen and oxygen atoms in total. The van der Waals surface area contributed by atoms with E-state index in [-0.39, 0.29) is 21.9 Å². The normalized spacial score (nSPS) is 11.2. The van der Waals surface area contributed by atoms with Crippen LogP contribution in [0.3, 0.4) is 0 Å². The Bertz CT molecular complexity index is 1000. The summed E-state index contributed by atoms with van der Waals surface area (Å²) in [6, 6.07) is 6.24. The predicted molar refractivity (Wildman–Crippen MR) is 71.4 cm³/mol. The van der Waals surface area contributed by atoms with E-state index in [0.717, 1.165) is 0 Å². The number of nitrogens with one attached hydrogen (secondary N) is 2. The topological polar surface area (TPSA) is 122 Å².